The molecule has 188 valence electrons. The highest BCUT2D eigenvalue weighted by atomic mass is 19.1. The lowest BCUT2D eigenvalue weighted by molar-refractivity contribution is 0.104. The van der Waals surface area contributed by atoms with E-state index in [1.807, 2.05) is 31.7 Å². The minimum Gasteiger partial charge on any atom is -0.365 e. The highest BCUT2D eigenvalue weighted by Gasteiger charge is 2.34. The maximum Gasteiger partial charge on any atom is 0.267 e. The summed E-state index contributed by atoms with van der Waals surface area (Å²) in [7, 11) is 0. The highest BCUT2D eigenvalue weighted by molar-refractivity contribution is 6.07. The van der Waals surface area contributed by atoms with E-state index in [0.717, 1.165) is 25.0 Å². The molecule has 2 aliphatic rings. The van der Waals surface area contributed by atoms with Crippen LogP contribution in [0.5, 0.6) is 0 Å². The molecule has 4 heterocycles. The number of Topliss-reactive ketones (excluding diaryl/α,β-unsaturated/α-hetero) is 1. The van der Waals surface area contributed by atoms with Gasteiger partial charge in [-0.15, -0.1) is 0 Å². The van der Waals surface area contributed by atoms with Crippen molar-refractivity contribution < 1.29 is 13.7 Å². The Balaban J connectivity index is 1.89. The molecule has 0 saturated carbocycles. The van der Waals surface area contributed by atoms with Crippen molar-refractivity contribution in [2.75, 3.05) is 13.1 Å². The number of nitrogens with zero attached hydrogens (tertiary/aromatic N) is 6. The standard InChI is InChI=1S/C26H29FN6O3/c1-4-9-29-24(16(3)5-2)33-15-19(22(34)13-28)23(35)18-12-20(27)26(30-25(18)33)32-10-6-7-17(14-32)21-8-11-36-31-21/h4,8-9,11-12,15-17,20,26H,5-7,10,14H2,1-3H3/b9-4-,29-24+. The number of hydrogen-bond donors (Lipinski definition) is 0. The van der Waals surface area contributed by atoms with E-state index in [2.05, 4.69) is 10.1 Å². The third-order valence-electron chi connectivity index (χ3n) is 6.79. The highest BCUT2D eigenvalue weighted by Crippen LogP contribution is 2.28. The number of allylic oxidation sites excluding steroid dienone is 1. The quantitative estimate of drug-likeness (QED) is 0.264. The van der Waals surface area contributed by atoms with Crippen molar-refractivity contribution in [1.82, 2.24) is 14.6 Å². The molecule has 0 N–H and O–H groups in total. The summed E-state index contributed by atoms with van der Waals surface area (Å²) in [5.74, 6) is -0.415. The SMILES string of the molecule is C/C=C\N=C(/C(C)CC)n1cc(C(=O)C#N)c(=O)c2c1=NC(N1CCCC(c3ccon3)C1)C(F)C=2. The average Bonchev–Trinajstić information content (AvgIpc) is 3.44. The van der Waals surface area contributed by atoms with E-state index in [1.54, 1.807) is 16.8 Å². The van der Waals surface area contributed by atoms with Gasteiger partial charge in [-0.3, -0.25) is 19.1 Å². The number of likely N-dealkylation sites (tertiary alicyclic amines) is 1. The van der Waals surface area contributed by atoms with Crippen LogP contribution in [0.1, 0.15) is 62.0 Å². The molecular weight excluding hydrogens is 463 g/mol. The molecule has 2 aromatic heterocycles. The van der Waals surface area contributed by atoms with Gasteiger partial charge in [0.25, 0.3) is 5.78 Å². The number of nitriles is 1. The van der Waals surface area contributed by atoms with Crippen molar-refractivity contribution in [3.63, 3.8) is 0 Å². The van der Waals surface area contributed by atoms with E-state index in [4.69, 9.17) is 9.52 Å². The van der Waals surface area contributed by atoms with E-state index >= 15 is 4.39 Å². The fourth-order valence-corrected chi connectivity index (χ4v) is 4.71. The van der Waals surface area contributed by atoms with Crippen molar-refractivity contribution >= 4 is 17.7 Å². The van der Waals surface area contributed by atoms with Crippen LogP contribution in [0.25, 0.3) is 6.08 Å². The van der Waals surface area contributed by atoms with Crippen molar-refractivity contribution in [2.24, 2.45) is 15.9 Å². The molecular formula is C26H29FN6O3. The zero-order valence-electron chi connectivity index (χ0n) is 20.6. The van der Waals surface area contributed by atoms with Crippen molar-refractivity contribution in [2.45, 2.75) is 58.3 Å². The number of alkyl halides is 1. The summed E-state index contributed by atoms with van der Waals surface area (Å²) in [5.41, 5.74) is 0.0325. The topological polar surface area (TPSA) is 117 Å². The van der Waals surface area contributed by atoms with E-state index in [0.29, 0.717) is 18.9 Å². The van der Waals surface area contributed by atoms with Gasteiger partial charge in [-0.05, 0) is 32.3 Å². The van der Waals surface area contributed by atoms with E-state index in [9.17, 15) is 14.9 Å². The Labute approximate surface area is 207 Å². The normalized spacial score (nSPS) is 23.4. The van der Waals surface area contributed by atoms with Gasteiger partial charge in [0.15, 0.2) is 6.17 Å². The Kier molecular flexibility index (Phi) is 7.70. The molecule has 0 amide bonds. The number of rotatable bonds is 6. The van der Waals surface area contributed by atoms with Crippen molar-refractivity contribution in [3.05, 3.63) is 63.0 Å². The number of aliphatic imine (C=N–C) groups is 1. The Morgan fingerprint density at radius 3 is 2.94 bits per heavy atom. The summed E-state index contributed by atoms with van der Waals surface area (Å²) in [5, 5.41) is 13.2. The minimum absolute atomic E-state index is 0.0265. The molecule has 0 aromatic carbocycles. The number of piperidine rings is 1. The second-order valence-corrected chi connectivity index (χ2v) is 9.11. The molecule has 36 heavy (non-hydrogen) atoms. The molecule has 1 saturated heterocycles. The lowest BCUT2D eigenvalue weighted by Crippen LogP contribution is -2.57. The summed E-state index contributed by atoms with van der Waals surface area (Å²) in [6.45, 7) is 6.98. The second-order valence-electron chi connectivity index (χ2n) is 9.11. The second kappa shape index (κ2) is 10.9. The Morgan fingerprint density at radius 2 is 2.28 bits per heavy atom. The van der Waals surface area contributed by atoms with Gasteiger partial charge in [-0.2, -0.15) is 5.26 Å². The van der Waals surface area contributed by atoms with Crippen LogP contribution >= 0.6 is 0 Å². The number of ketones is 1. The molecule has 10 heteroatoms. The lowest BCUT2D eigenvalue weighted by Gasteiger charge is -2.37. The third kappa shape index (κ3) is 4.84. The first kappa shape index (κ1) is 25.4. The number of halogens is 1. The zero-order chi connectivity index (χ0) is 25.8. The van der Waals surface area contributed by atoms with Crippen molar-refractivity contribution in [1.29, 1.82) is 5.26 Å². The van der Waals surface area contributed by atoms with Crippen LogP contribution in [0, 0.1) is 17.2 Å². The van der Waals surface area contributed by atoms with Crippen LogP contribution in [0.3, 0.4) is 0 Å². The van der Waals surface area contributed by atoms with E-state index < -0.39 is 23.5 Å². The maximum atomic E-state index is 15.6. The van der Waals surface area contributed by atoms with Crippen molar-refractivity contribution in [3.8, 4) is 6.07 Å². The molecule has 2 aromatic rings. The van der Waals surface area contributed by atoms with Gasteiger partial charge >= 0.3 is 0 Å². The summed E-state index contributed by atoms with van der Waals surface area (Å²) >= 11 is 0. The molecule has 0 radical (unpaired) electrons. The molecule has 0 bridgehead atoms. The number of carbonyl (C=O) groups excluding carboxylic acids is 1. The number of hydrogen-bond acceptors (Lipinski definition) is 8. The van der Waals surface area contributed by atoms with Gasteiger partial charge in [0.1, 0.15) is 29.8 Å². The molecule has 4 atom stereocenters. The van der Waals surface area contributed by atoms with Crippen LogP contribution < -0.4 is 16.1 Å². The van der Waals surface area contributed by atoms with E-state index in [-0.39, 0.29) is 28.1 Å². The van der Waals surface area contributed by atoms with E-state index in [1.165, 1.54) is 24.6 Å². The smallest absolute Gasteiger partial charge is 0.267 e. The maximum absolute atomic E-state index is 15.6. The molecule has 0 aliphatic carbocycles. The Morgan fingerprint density at radius 1 is 1.47 bits per heavy atom. The number of pyridine rings is 1. The van der Waals surface area contributed by atoms with Crippen LogP contribution in [0.15, 0.2) is 50.1 Å². The van der Waals surface area contributed by atoms with Gasteiger partial charge in [-0.25, -0.2) is 14.4 Å². The average molecular weight is 493 g/mol. The molecule has 4 unspecified atom stereocenters. The Bertz CT molecular complexity index is 1400. The molecule has 4 rings (SSSR count). The van der Waals surface area contributed by atoms with Gasteiger partial charge in [0.05, 0.1) is 16.5 Å². The van der Waals surface area contributed by atoms with Crippen LogP contribution in [-0.4, -0.2) is 51.7 Å². The predicted octanol–water partition coefficient (Wildman–Crippen LogP) is 2.33. The summed E-state index contributed by atoms with van der Waals surface area (Å²) in [4.78, 5) is 36.7. The third-order valence-corrected chi connectivity index (χ3v) is 6.79. The summed E-state index contributed by atoms with van der Waals surface area (Å²) in [6.07, 6.45) is 7.51. The lowest BCUT2D eigenvalue weighted by atomic mass is 9.94. The van der Waals surface area contributed by atoms with Crippen LogP contribution in [0.4, 0.5) is 4.39 Å². The zero-order valence-corrected chi connectivity index (χ0v) is 20.6. The van der Waals surface area contributed by atoms with Crippen LogP contribution in [-0.2, 0) is 0 Å². The summed E-state index contributed by atoms with van der Waals surface area (Å²) < 4.78 is 22.1. The van der Waals surface area contributed by atoms with Gasteiger partial charge in [0, 0.05) is 43.4 Å². The van der Waals surface area contributed by atoms with Crippen LogP contribution in [0.2, 0.25) is 0 Å². The summed E-state index contributed by atoms with van der Waals surface area (Å²) in [6, 6.07) is 3.33. The largest absolute Gasteiger partial charge is 0.365 e. The Hall–Kier alpha value is -3.71. The fraction of sp³-hybridized carbons (Fsp3) is 0.462. The minimum atomic E-state index is -1.57. The van der Waals surface area contributed by atoms with Gasteiger partial charge < -0.3 is 4.52 Å². The first-order valence-corrected chi connectivity index (χ1v) is 12.2. The monoisotopic (exact) mass is 492 g/mol. The number of fused-ring (bicyclic) bond motifs is 1. The molecule has 1 fully saturated rings. The fourth-order valence-electron chi connectivity index (χ4n) is 4.71. The van der Waals surface area contributed by atoms with Gasteiger partial charge in [0.2, 0.25) is 5.43 Å². The predicted molar refractivity (Wildman–Crippen MR) is 132 cm³/mol. The number of aromatic nitrogens is 2. The van der Waals surface area contributed by atoms with Gasteiger partial charge in [-0.1, -0.05) is 25.1 Å². The first-order chi connectivity index (χ1) is 17.4. The molecule has 9 nitrogen and oxygen atoms in total. The molecule has 0 spiro atoms. The number of carbonyl (C=O) groups is 1. The molecule has 2 aliphatic heterocycles. The first-order valence-electron chi connectivity index (χ1n) is 12.2.